The van der Waals surface area contributed by atoms with Crippen LogP contribution >= 0.6 is 11.6 Å². The molecule has 2 rings (SSSR count). The number of carboxylic acid groups (broad SMARTS) is 1. The van der Waals surface area contributed by atoms with Crippen LogP contribution in [0.25, 0.3) is 0 Å². The molecule has 5 heteroatoms. The van der Waals surface area contributed by atoms with Gasteiger partial charge in [0, 0.05) is 13.5 Å². The van der Waals surface area contributed by atoms with Crippen molar-refractivity contribution in [3.63, 3.8) is 0 Å². The summed E-state index contributed by atoms with van der Waals surface area (Å²) in [7, 11) is 1.82. The maximum Gasteiger partial charge on any atom is 0.310 e. The fraction of sp³-hybridized carbons (Fsp3) is 0.636. The van der Waals surface area contributed by atoms with E-state index < -0.39 is 11.4 Å². The molecule has 16 heavy (non-hydrogen) atoms. The first-order valence-corrected chi connectivity index (χ1v) is 5.81. The number of carboxylic acids is 1. The molecule has 1 aromatic rings. The third kappa shape index (κ3) is 1.71. The molecule has 0 aliphatic heterocycles. The zero-order chi connectivity index (χ0) is 11.9. The summed E-state index contributed by atoms with van der Waals surface area (Å²) in [6.45, 7) is 1.99. The summed E-state index contributed by atoms with van der Waals surface area (Å²) < 4.78 is 1.71. The van der Waals surface area contributed by atoms with Crippen molar-refractivity contribution in [3.05, 3.63) is 16.4 Å². The molecule has 0 spiro atoms. The standard InChI is InChI=1S/C11H15ClN2O2/c1-3-7-9(12)8(14(2)13-7)6-11(4-5-11)10(15)16/h3-6H2,1-2H3,(H,15,16). The monoisotopic (exact) mass is 242 g/mol. The molecule has 0 amide bonds. The molecular formula is C11H15ClN2O2. The summed E-state index contributed by atoms with van der Waals surface area (Å²) >= 11 is 6.19. The topological polar surface area (TPSA) is 55.1 Å². The van der Waals surface area contributed by atoms with Gasteiger partial charge in [-0.25, -0.2) is 0 Å². The molecule has 88 valence electrons. The number of nitrogens with zero attached hydrogens (tertiary/aromatic N) is 2. The fourth-order valence-corrected chi connectivity index (χ4v) is 2.31. The number of rotatable bonds is 4. The van der Waals surface area contributed by atoms with Crippen molar-refractivity contribution in [2.45, 2.75) is 32.6 Å². The van der Waals surface area contributed by atoms with Crippen LogP contribution in [0.5, 0.6) is 0 Å². The van der Waals surface area contributed by atoms with Crippen molar-refractivity contribution in [2.75, 3.05) is 0 Å². The molecule has 1 N–H and O–H groups in total. The maximum atomic E-state index is 11.1. The molecule has 1 heterocycles. The van der Waals surface area contributed by atoms with Crippen LogP contribution in [0.4, 0.5) is 0 Å². The van der Waals surface area contributed by atoms with Crippen molar-refractivity contribution in [1.82, 2.24) is 9.78 Å². The normalized spacial score (nSPS) is 17.4. The summed E-state index contributed by atoms with van der Waals surface area (Å²) in [5.41, 5.74) is 1.11. The molecule has 1 saturated carbocycles. The van der Waals surface area contributed by atoms with E-state index >= 15 is 0 Å². The summed E-state index contributed by atoms with van der Waals surface area (Å²) in [5.74, 6) is -0.720. The van der Waals surface area contributed by atoms with Gasteiger partial charge in [-0.3, -0.25) is 9.48 Å². The van der Waals surface area contributed by atoms with Gasteiger partial charge in [-0.1, -0.05) is 18.5 Å². The molecule has 1 aliphatic carbocycles. The van der Waals surface area contributed by atoms with Gasteiger partial charge in [0.2, 0.25) is 0 Å². The van der Waals surface area contributed by atoms with E-state index in [4.69, 9.17) is 16.7 Å². The van der Waals surface area contributed by atoms with Gasteiger partial charge in [0.25, 0.3) is 0 Å². The highest BCUT2D eigenvalue weighted by Gasteiger charge is 2.51. The number of aliphatic carboxylic acids is 1. The average molecular weight is 243 g/mol. The van der Waals surface area contributed by atoms with Crippen LogP contribution in [-0.4, -0.2) is 20.9 Å². The molecule has 1 aliphatic rings. The highest BCUT2D eigenvalue weighted by molar-refractivity contribution is 6.31. The second kappa shape index (κ2) is 3.77. The molecular weight excluding hydrogens is 228 g/mol. The van der Waals surface area contributed by atoms with E-state index in [0.717, 1.165) is 30.7 Å². The average Bonchev–Trinajstić information content (AvgIpc) is 2.97. The van der Waals surface area contributed by atoms with Crippen LogP contribution in [0.15, 0.2) is 0 Å². The summed E-state index contributed by atoms with van der Waals surface area (Å²) in [6.07, 6.45) is 2.74. The molecule has 0 bridgehead atoms. The van der Waals surface area contributed by atoms with Gasteiger partial charge in [0.05, 0.1) is 21.8 Å². The van der Waals surface area contributed by atoms with Crippen LogP contribution in [-0.2, 0) is 24.7 Å². The molecule has 0 atom stereocenters. The molecule has 1 fully saturated rings. The number of carbonyl (C=O) groups is 1. The molecule has 1 aromatic heterocycles. The number of hydrogen-bond acceptors (Lipinski definition) is 2. The zero-order valence-corrected chi connectivity index (χ0v) is 10.2. The number of aromatic nitrogens is 2. The van der Waals surface area contributed by atoms with Crippen molar-refractivity contribution in [1.29, 1.82) is 0 Å². The Balaban J connectivity index is 2.28. The van der Waals surface area contributed by atoms with Crippen LogP contribution < -0.4 is 0 Å². The van der Waals surface area contributed by atoms with E-state index in [9.17, 15) is 4.79 Å². The molecule has 0 saturated heterocycles. The lowest BCUT2D eigenvalue weighted by atomic mass is 10.0. The fourth-order valence-electron chi connectivity index (χ4n) is 1.95. The Kier molecular flexibility index (Phi) is 2.70. The first-order chi connectivity index (χ1) is 7.50. The highest BCUT2D eigenvalue weighted by atomic mass is 35.5. The summed E-state index contributed by atoms with van der Waals surface area (Å²) in [6, 6.07) is 0. The Morgan fingerprint density at radius 2 is 2.25 bits per heavy atom. The summed E-state index contributed by atoms with van der Waals surface area (Å²) in [4.78, 5) is 11.1. The quantitative estimate of drug-likeness (QED) is 0.879. The lowest BCUT2D eigenvalue weighted by Crippen LogP contribution is -2.19. The zero-order valence-electron chi connectivity index (χ0n) is 9.46. The van der Waals surface area contributed by atoms with E-state index in [2.05, 4.69) is 5.10 Å². The number of hydrogen-bond donors (Lipinski definition) is 1. The number of aryl methyl sites for hydroxylation is 2. The Morgan fingerprint density at radius 1 is 1.62 bits per heavy atom. The molecule has 4 nitrogen and oxygen atoms in total. The van der Waals surface area contributed by atoms with Crippen molar-refractivity contribution in [3.8, 4) is 0 Å². The third-order valence-corrected chi connectivity index (χ3v) is 3.75. The van der Waals surface area contributed by atoms with Gasteiger partial charge in [-0.15, -0.1) is 0 Å². The Hall–Kier alpha value is -1.03. The van der Waals surface area contributed by atoms with Crippen LogP contribution in [0, 0.1) is 5.41 Å². The van der Waals surface area contributed by atoms with Crippen molar-refractivity contribution < 1.29 is 9.90 Å². The first-order valence-electron chi connectivity index (χ1n) is 5.44. The molecule has 0 aromatic carbocycles. The second-order valence-corrected chi connectivity index (χ2v) is 4.82. The summed E-state index contributed by atoms with van der Waals surface area (Å²) in [5, 5.41) is 14.1. The minimum absolute atomic E-state index is 0.491. The third-order valence-electron chi connectivity index (χ3n) is 3.32. The predicted molar refractivity (Wildman–Crippen MR) is 60.6 cm³/mol. The van der Waals surface area contributed by atoms with E-state index in [1.165, 1.54) is 0 Å². The van der Waals surface area contributed by atoms with Crippen LogP contribution in [0.3, 0.4) is 0 Å². The SMILES string of the molecule is CCc1nn(C)c(CC2(C(=O)O)CC2)c1Cl. The lowest BCUT2D eigenvalue weighted by Gasteiger charge is -2.09. The Morgan fingerprint density at radius 3 is 2.62 bits per heavy atom. The largest absolute Gasteiger partial charge is 0.481 e. The minimum Gasteiger partial charge on any atom is -0.481 e. The first kappa shape index (κ1) is 11.5. The van der Waals surface area contributed by atoms with E-state index in [0.29, 0.717) is 11.4 Å². The lowest BCUT2D eigenvalue weighted by molar-refractivity contribution is -0.143. The highest BCUT2D eigenvalue weighted by Crippen LogP contribution is 2.49. The van der Waals surface area contributed by atoms with Crippen molar-refractivity contribution in [2.24, 2.45) is 12.5 Å². The van der Waals surface area contributed by atoms with Crippen LogP contribution in [0.1, 0.15) is 31.2 Å². The van der Waals surface area contributed by atoms with Crippen LogP contribution in [0.2, 0.25) is 5.02 Å². The van der Waals surface area contributed by atoms with Crippen molar-refractivity contribution >= 4 is 17.6 Å². The maximum absolute atomic E-state index is 11.1. The van der Waals surface area contributed by atoms with Gasteiger partial charge in [0.15, 0.2) is 0 Å². The minimum atomic E-state index is -0.720. The smallest absolute Gasteiger partial charge is 0.310 e. The van der Waals surface area contributed by atoms with E-state index in [1.54, 1.807) is 4.68 Å². The van der Waals surface area contributed by atoms with Gasteiger partial charge < -0.3 is 5.11 Å². The number of halogens is 1. The predicted octanol–water partition coefficient (Wildman–Crippen LogP) is 2.04. The van der Waals surface area contributed by atoms with Gasteiger partial charge in [-0.2, -0.15) is 5.10 Å². The van der Waals surface area contributed by atoms with Gasteiger partial charge >= 0.3 is 5.97 Å². The van der Waals surface area contributed by atoms with Gasteiger partial charge in [-0.05, 0) is 19.3 Å². The van der Waals surface area contributed by atoms with E-state index in [-0.39, 0.29) is 0 Å². The Labute approximate surface area is 99.2 Å². The second-order valence-electron chi connectivity index (χ2n) is 4.45. The van der Waals surface area contributed by atoms with Gasteiger partial charge in [0.1, 0.15) is 0 Å². The Bertz CT molecular complexity index is 435. The van der Waals surface area contributed by atoms with E-state index in [1.807, 2.05) is 14.0 Å². The molecule has 0 radical (unpaired) electrons. The molecule has 0 unspecified atom stereocenters.